The maximum atomic E-state index is 12.2. The third-order valence-electron chi connectivity index (χ3n) is 4.37. The van der Waals surface area contributed by atoms with Crippen molar-refractivity contribution in [1.82, 2.24) is 5.32 Å². The monoisotopic (exact) mass is 338 g/mol. The zero-order valence-corrected chi connectivity index (χ0v) is 14.4. The SMILES string of the molecule is COc1ccc(NC(=O)C2CC2C(=O)NCc2cccc(C)c2)cc1. The van der Waals surface area contributed by atoms with Crippen molar-refractivity contribution >= 4 is 17.5 Å². The van der Waals surface area contributed by atoms with Gasteiger partial charge < -0.3 is 15.4 Å². The van der Waals surface area contributed by atoms with Crippen molar-refractivity contribution in [2.24, 2.45) is 11.8 Å². The van der Waals surface area contributed by atoms with Gasteiger partial charge in [-0.1, -0.05) is 29.8 Å². The molecule has 2 aromatic carbocycles. The molecule has 0 spiro atoms. The average Bonchev–Trinajstić information content (AvgIpc) is 3.41. The standard InChI is InChI=1S/C20H22N2O3/c1-13-4-3-5-14(10-13)12-21-19(23)17-11-18(17)20(24)22-15-6-8-16(25-2)9-7-15/h3-10,17-18H,11-12H2,1-2H3,(H,21,23)(H,22,24). The molecule has 0 heterocycles. The molecule has 0 aromatic heterocycles. The topological polar surface area (TPSA) is 67.4 Å². The second kappa shape index (κ2) is 7.38. The molecule has 2 atom stereocenters. The summed E-state index contributed by atoms with van der Waals surface area (Å²) in [7, 11) is 1.59. The molecule has 2 unspecified atom stereocenters. The number of hydrogen-bond acceptors (Lipinski definition) is 3. The molecular weight excluding hydrogens is 316 g/mol. The van der Waals surface area contributed by atoms with E-state index >= 15 is 0 Å². The molecule has 130 valence electrons. The van der Waals surface area contributed by atoms with Crippen LogP contribution in [0.15, 0.2) is 48.5 Å². The van der Waals surface area contributed by atoms with Crippen molar-refractivity contribution in [3.05, 3.63) is 59.7 Å². The van der Waals surface area contributed by atoms with Gasteiger partial charge in [0.2, 0.25) is 11.8 Å². The zero-order chi connectivity index (χ0) is 17.8. The van der Waals surface area contributed by atoms with E-state index in [4.69, 9.17) is 4.74 Å². The fourth-order valence-corrected chi connectivity index (χ4v) is 2.83. The van der Waals surface area contributed by atoms with Crippen LogP contribution in [0, 0.1) is 18.8 Å². The van der Waals surface area contributed by atoms with Crippen molar-refractivity contribution in [3.63, 3.8) is 0 Å². The van der Waals surface area contributed by atoms with Crippen molar-refractivity contribution in [2.75, 3.05) is 12.4 Å². The van der Waals surface area contributed by atoms with Crippen LogP contribution >= 0.6 is 0 Å². The van der Waals surface area contributed by atoms with E-state index < -0.39 is 0 Å². The van der Waals surface area contributed by atoms with Gasteiger partial charge in [-0.2, -0.15) is 0 Å². The lowest BCUT2D eigenvalue weighted by Crippen LogP contribution is -2.27. The van der Waals surface area contributed by atoms with E-state index in [2.05, 4.69) is 10.6 Å². The van der Waals surface area contributed by atoms with Gasteiger partial charge in [0.05, 0.1) is 18.9 Å². The summed E-state index contributed by atoms with van der Waals surface area (Å²) in [4.78, 5) is 24.4. The highest BCUT2D eigenvalue weighted by Crippen LogP contribution is 2.39. The molecule has 2 N–H and O–H groups in total. The third kappa shape index (κ3) is 4.38. The number of anilines is 1. The van der Waals surface area contributed by atoms with E-state index in [1.54, 1.807) is 31.4 Å². The minimum absolute atomic E-state index is 0.0589. The van der Waals surface area contributed by atoms with Crippen LogP contribution in [0.3, 0.4) is 0 Å². The lowest BCUT2D eigenvalue weighted by Gasteiger charge is -2.07. The molecule has 0 saturated heterocycles. The van der Waals surface area contributed by atoms with Gasteiger partial charge >= 0.3 is 0 Å². The Balaban J connectivity index is 1.47. The number of methoxy groups -OCH3 is 1. The van der Waals surface area contributed by atoms with Crippen LogP contribution in [0.25, 0.3) is 0 Å². The van der Waals surface area contributed by atoms with Gasteiger partial charge in [-0.3, -0.25) is 9.59 Å². The maximum Gasteiger partial charge on any atom is 0.228 e. The average molecular weight is 338 g/mol. The van der Waals surface area contributed by atoms with Crippen LogP contribution < -0.4 is 15.4 Å². The lowest BCUT2D eigenvalue weighted by atomic mass is 10.1. The Labute approximate surface area is 147 Å². The fraction of sp³-hybridized carbons (Fsp3) is 0.300. The molecule has 5 nitrogen and oxygen atoms in total. The Morgan fingerprint density at radius 3 is 2.48 bits per heavy atom. The number of ether oxygens (including phenoxy) is 1. The summed E-state index contributed by atoms with van der Waals surface area (Å²) in [5.74, 6) is 0.0813. The van der Waals surface area contributed by atoms with Crippen molar-refractivity contribution in [2.45, 2.75) is 19.9 Å². The summed E-state index contributed by atoms with van der Waals surface area (Å²) in [6, 6.07) is 15.2. The van der Waals surface area contributed by atoms with E-state index in [1.165, 1.54) is 0 Å². The van der Waals surface area contributed by atoms with Gasteiger partial charge in [0.25, 0.3) is 0 Å². The molecule has 1 aliphatic rings. The number of nitrogens with one attached hydrogen (secondary N) is 2. The highest BCUT2D eigenvalue weighted by atomic mass is 16.5. The molecule has 0 aliphatic heterocycles. The van der Waals surface area contributed by atoms with Crippen LogP contribution in [0.2, 0.25) is 0 Å². The van der Waals surface area contributed by atoms with Gasteiger partial charge in [0.1, 0.15) is 5.75 Å². The Kier molecular flexibility index (Phi) is 5.03. The second-order valence-corrected chi connectivity index (χ2v) is 6.37. The largest absolute Gasteiger partial charge is 0.497 e. The highest BCUT2D eigenvalue weighted by Gasteiger charge is 2.47. The number of aryl methyl sites for hydroxylation is 1. The van der Waals surface area contributed by atoms with Crippen LogP contribution in [-0.4, -0.2) is 18.9 Å². The van der Waals surface area contributed by atoms with Gasteiger partial charge in [-0.15, -0.1) is 0 Å². The fourth-order valence-electron chi connectivity index (χ4n) is 2.83. The van der Waals surface area contributed by atoms with Gasteiger partial charge in [-0.25, -0.2) is 0 Å². The summed E-state index contributed by atoms with van der Waals surface area (Å²) < 4.78 is 5.09. The molecule has 5 heteroatoms. The van der Waals surface area contributed by atoms with Crippen LogP contribution in [0.4, 0.5) is 5.69 Å². The van der Waals surface area contributed by atoms with Crippen LogP contribution in [-0.2, 0) is 16.1 Å². The molecule has 1 aliphatic carbocycles. The van der Waals surface area contributed by atoms with E-state index in [0.717, 1.165) is 16.9 Å². The van der Waals surface area contributed by atoms with E-state index in [-0.39, 0.29) is 23.7 Å². The van der Waals surface area contributed by atoms with Crippen molar-refractivity contribution < 1.29 is 14.3 Å². The van der Waals surface area contributed by atoms with Crippen LogP contribution in [0.1, 0.15) is 17.5 Å². The van der Waals surface area contributed by atoms with E-state index in [9.17, 15) is 9.59 Å². The summed E-state index contributed by atoms with van der Waals surface area (Å²) >= 11 is 0. The Hall–Kier alpha value is -2.82. The number of rotatable bonds is 6. The normalized spacial score (nSPS) is 18.3. The van der Waals surface area contributed by atoms with Gasteiger partial charge in [0, 0.05) is 12.2 Å². The van der Waals surface area contributed by atoms with E-state index in [1.807, 2.05) is 31.2 Å². The first-order valence-corrected chi connectivity index (χ1v) is 8.35. The first kappa shape index (κ1) is 17.0. The quantitative estimate of drug-likeness (QED) is 0.851. The maximum absolute atomic E-state index is 12.2. The zero-order valence-electron chi connectivity index (χ0n) is 14.4. The van der Waals surface area contributed by atoms with E-state index in [0.29, 0.717) is 18.7 Å². The number of amides is 2. The first-order chi connectivity index (χ1) is 12.1. The summed E-state index contributed by atoms with van der Waals surface area (Å²) in [6.07, 6.45) is 0.599. The molecule has 2 amide bonds. The lowest BCUT2D eigenvalue weighted by molar-refractivity contribution is -0.125. The predicted molar refractivity (Wildman–Crippen MR) is 96.2 cm³/mol. The molecular formula is C20H22N2O3. The molecule has 25 heavy (non-hydrogen) atoms. The third-order valence-corrected chi connectivity index (χ3v) is 4.37. The minimum Gasteiger partial charge on any atom is -0.497 e. The Morgan fingerprint density at radius 2 is 1.80 bits per heavy atom. The Bertz CT molecular complexity index is 771. The molecule has 0 bridgehead atoms. The predicted octanol–water partition coefficient (Wildman–Crippen LogP) is 2.89. The summed E-state index contributed by atoms with van der Waals surface area (Å²) in [6.45, 7) is 2.51. The molecule has 1 fully saturated rings. The molecule has 3 rings (SSSR count). The molecule has 2 aromatic rings. The van der Waals surface area contributed by atoms with Crippen molar-refractivity contribution in [3.8, 4) is 5.75 Å². The smallest absolute Gasteiger partial charge is 0.228 e. The molecule has 1 saturated carbocycles. The summed E-state index contributed by atoms with van der Waals surface area (Å²) in [5.41, 5.74) is 2.93. The second-order valence-electron chi connectivity index (χ2n) is 6.37. The number of carbonyl (C=O) groups is 2. The van der Waals surface area contributed by atoms with Crippen LogP contribution in [0.5, 0.6) is 5.75 Å². The Morgan fingerprint density at radius 1 is 1.08 bits per heavy atom. The van der Waals surface area contributed by atoms with Crippen molar-refractivity contribution in [1.29, 1.82) is 0 Å². The molecule has 0 radical (unpaired) electrons. The number of hydrogen-bond donors (Lipinski definition) is 2. The van der Waals surface area contributed by atoms with Gasteiger partial charge in [0.15, 0.2) is 0 Å². The number of carbonyl (C=O) groups excluding carboxylic acids is 2. The minimum atomic E-state index is -0.250. The summed E-state index contributed by atoms with van der Waals surface area (Å²) in [5, 5.41) is 5.76. The first-order valence-electron chi connectivity index (χ1n) is 8.35. The highest BCUT2D eigenvalue weighted by molar-refractivity contribution is 5.99. The van der Waals surface area contributed by atoms with Gasteiger partial charge in [-0.05, 0) is 43.2 Å². The number of benzene rings is 2.